The predicted octanol–water partition coefficient (Wildman–Crippen LogP) is 2.93. The molecule has 3 aromatic rings. The number of carbonyl (C=O) groups excluding carboxylic acids is 1. The van der Waals surface area contributed by atoms with E-state index < -0.39 is 0 Å². The Balaban J connectivity index is 1.88. The minimum absolute atomic E-state index is 0.0508. The summed E-state index contributed by atoms with van der Waals surface area (Å²) in [5.74, 6) is 0.0508. The first-order valence-electron chi connectivity index (χ1n) is 6.62. The highest BCUT2D eigenvalue weighted by atomic mass is 16.3. The molecule has 0 saturated carbocycles. The van der Waals surface area contributed by atoms with Crippen LogP contribution in [0.1, 0.15) is 17.3 Å². The van der Waals surface area contributed by atoms with Crippen LogP contribution in [-0.2, 0) is 6.73 Å². The summed E-state index contributed by atoms with van der Waals surface area (Å²) in [6.45, 7) is 1.40. The number of Topliss-reactive ketones (excluding diaryl/α,β-unsaturated/α-hetero) is 1. The van der Waals surface area contributed by atoms with E-state index in [1.54, 1.807) is 25.3 Å². The molecule has 0 aliphatic carbocycles. The van der Waals surface area contributed by atoms with Gasteiger partial charge < -0.3 is 10.4 Å². The lowest BCUT2D eigenvalue weighted by Gasteiger charge is -2.08. The summed E-state index contributed by atoms with van der Waals surface area (Å²) in [5, 5.41) is 17.6. The van der Waals surface area contributed by atoms with Crippen LogP contribution in [0.4, 0.5) is 11.4 Å². The molecular weight excluding hydrogens is 266 g/mol. The zero-order chi connectivity index (χ0) is 14.8. The average Bonchev–Trinajstić information content (AvgIpc) is 2.90. The van der Waals surface area contributed by atoms with Crippen LogP contribution in [-0.4, -0.2) is 20.7 Å². The Bertz CT molecular complexity index is 791. The zero-order valence-corrected chi connectivity index (χ0v) is 11.6. The van der Waals surface area contributed by atoms with Crippen LogP contribution in [0.25, 0.3) is 10.9 Å². The van der Waals surface area contributed by atoms with Crippen molar-refractivity contribution in [3.63, 3.8) is 0 Å². The van der Waals surface area contributed by atoms with Gasteiger partial charge in [0.2, 0.25) is 0 Å². The molecular formula is C16H15N3O2. The van der Waals surface area contributed by atoms with Crippen LogP contribution >= 0.6 is 0 Å². The molecule has 1 aromatic heterocycles. The molecule has 5 heteroatoms. The van der Waals surface area contributed by atoms with Crippen molar-refractivity contribution in [2.24, 2.45) is 0 Å². The number of ketones is 1. The number of fused-ring (bicyclic) bond motifs is 1. The number of anilines is 2. The van der Waals surface area contributed by atoms with Gasteiger partial charge in [-0.1, -0.05) is 0 Å². The maximum Gasteiger partial charge on any atom is 0.159 e. The normalized spacial score (nSPS) is 10.8. The van der Waals surface area contributed by atoms with Gasteiger partial charge in [-0.15, -0.1) is 0 Å². The predicted molar refractivity (Wildman–Crippen MR) is 81.7 cm³/mol. The second kappa shape index (κ2) is 5.38. The minimum Gasteiger partial charge on any atom is -0.374 e. The van der Waals surface area contributed by atoms with Crippen LogP contribution in [0, 0.1) is 0 Å². The molecule has 0 spiro atoms. The second-order valence-corrected chi connectivity index (χ2v) is 4.82. The Kier molecular flexibility index (Phi) is 3.41. The highest BCUT2D eigenvalue weighted by Crippen LogP contribution is 2.22. The summed E-state index contributed by atoms with van der Waals surface area (Å²) in [7, 11) is 0. The highest BCUT2D eigenvalue weighted by molar-refractivity contribution is 5.94. The average molecular weight is 281 g/mol. The number of aromatic nitrogens is 2. The molecule has 106 valence electrons. The highest BCUT2D eigenvalue weighted by Gasteiger charge is 2.04. The Morgan fingerprint density at radius 2 is 1.90 bits per heavy atom. The number of rotatable bonds is 4. The lowest BCUT2D eigenvalue weighted by Crippen LogP contribution is -1.98. The molecule has 0 saturated heterocycles. The maximum absolute atomic E-state index is 11.2. The van der Waals surface area contributed by atoms with E-state index in [0.717, 1.165) is 22.3 Å². The van der Waals surface area contributed by atoms with Crippen LogP contribution < -0.4 is 5.32 Å². The van der Waals surface area contributed by atoms with E-state index >= 15 is 0 Å². The van der Waals surface area contributed by atoms with Crippen molar-refractivity contribution in [3.8, 4) is 0 Å². The summed E-state index contributed by atoms with van der Waals surface area (Å²) >= 11 is 0. The molecule has 0 unspecified atom stereocenters. The fourth-order valence-corrected chi connectivity index (χ4v) is 2.22. The first kappa shape index (κ1) is 13.3. The molecule has 0 fully saturated rings. The third kappa shape index (κ3) is 2.64. The van der Waals surface area contributed by atoms with Crippen molar-refractivity contribution in [2.75, 3.05) is 5.32 Å². The van der Waals surface area contributed by atoms with Gasteiger partial charge in [0.15, 0.2) is 5.78 Å². The van der Waals surface area contributed by atoms with E-state index in [9.17, 15) is 9.90 Å². The molecule has 2 aromatic carbocycles. The Hall–Kier alpha value is -2.66. The van der Waals surface area contributed by atoms with Gasteiger partial charge in [0.25, 0.3) is 0 Å². The van der Waals surface area contributed by atoms with E-state index in [0.29, 0.717) is 5.56 Å². The Labute approximate surface area is 121 Å². The fraction of sp³-hybridized carbons (Fsp3) is 0.125. The molecule has 21 heavy (non-hydrogen) atoms. The monoisotopic (exact) mass is 281 g/mol. The van der Waals surface area contributed by atoms with Gasteiger partial charge in [-0.05, 0) is 49.4 Å². The topological polar surface area (TPSA) is 67.2 Å². The van der Waals surface area contributed by atoms with Gasteiger partial charge >= 0.3 is 0 Å². The van der Waals surface area contributed by atoms with E-state index in [1.807, 2.05) is 30.3 Å². The third-order valence-electron chi connectivity index (χ3n) is 3.36. The van der Waals surface area contributed by atoms with Crippen molar-refractivity contribution >= 4 is 28.1 Å². The standard InChI is InChI=1S/C16H15N3O2/c1-11(21)12-2-5-14(6-3-12)18-15-7-4-13-9-17-19(10-20)16(13)8-15/h2-9,18,20H,10H2,1H3. The Morgan fingerprint density at radius 3 is 2.57 bits per heavy atom. The van der Waals surface area contributed by atoms with Gasteiger partial charge in [0.05, 0.1) is 11.7 Å². The van der Waals surface area contributed by atoms with E-state index in [-0.39, 0.29) is 12.5 Å². The number of carbonyl (C=O) groups is 1. The number of nitrogens with one attached hydrogen (secondary N) is 1. The van der Waals surface area contributed by atoms with Gasteiger partial charge in [-0.2, -0.15) is 5.10 Å². The molecule has 0 atom stereocenters. The Morgan fingerprint density at radius 1 is 1.19 bits per heavy atom. The number of aliphatic hydroxyl groups is 1. The van der Waals surface area contributed by atoms with Crippen LogP contribution in [0.2, 0.25) is 0 Å². The number of hydrogen-bond donors (Lipinski definition) is 2. The molecule has 0 aliphatic rings. The molecule has 0 aliphatic heterocycles. The van der Waals surface area contributed by atoms with E-state index in [1.165, 1.54) is 4.68 Å². The SMILES string of the molecule is CC(=O)c1ccc(Nc2ccc3cnn(CO)c3c2)cc1. The van der Waals surface area contributed by atoms with Gasteiger partial charge in [-0.25, -0.2) is 4.68 Å². The zero-order valence-electron chi connectivity index (χ0n) is 11.6. The van der Waals surface area contributed by atoms with Crippen molar-refractivity contribution < 1.29 is 9.90 Å². The van der Waals surface area contributed by atoms with Crippen LogP contribution in [0.3, 0.4) is 0 Å². The number of benzene rings is 2. The van der Waals surface area contributed by atoms with E-state index in [2.05, 4.69) is 10.4 Å². The van der Waals surface area contributed by atoms with Crippen molar-refractivity contribution in [3.05, 3.63) is 54.2 Å². The third-order valence-corrected chi connectivity index (χ3v) is 3.36. The molecule has 0 radical (unpaired) electrons. The van der Waals surface area contributed by atoms with E-state index in [4.69, 9.17) is 0 Å². The van der Waals surface area contributed by atoms with Gasteiger partial charge in [-0.3, -0.25) is 4.79 Å². The van der Waals surface area contributed by atoms with Gasteiger partial charge in [0.1, 0.15) is 6.73 Å². The van der Waals surface area contributed by atoms with Crippen molar-refractivity contribution in [1.29, 1.82) is 0 Å². The summed E-state index contributed by atoms with van der Waals surface area (Å²) in [6.07, 6.45) is 1.72. The molecule has 1 heterocycles. The first-order chi connectivity index (χ1) is 10.2. The molecule has 2 N–H and O–H groups in total. The van der Waals surface area contributed by atoms with Crippen molar-refractivity contribution in [2.45, 2.75) is 13.7 Å². The summed E-state index contributed by atoms with van der Waals surface area (Å²) in [5.41, 5.74) is 3.35. The molecule has 0 amide bonds. The molecule has 0 bridgehead atoms. The maximum atomic E-state index is 11.2. The summed E-state index contributed by atoms with van der Waals surface area (Å²) in [6, 6.07) is 13.1. The van der Waals surface area contributed by atoms with Gasteiger partial charge in [0, 0.05) is 22.3 Å². The lowest BCUT2D eigenvalue weighted by atomic mass is 10.1. The summed E-state index contributed by atoms with van der Waals surface area (Å²) in [4.78, 5) is 11.2. The minimum atomic E-state index is -0.153. The fourth-order valence-electron chi connectivity index (χ4n) is 2.22. The molecule has 3 rings (SSSR count). The lowest BCUT2D eigenvalue weighted by molar-refractivity contribution is 0.101. The first-order valence-corrected chi connectivity index (χ1v) is 6.62. The smallest absolute Gasteiger partial charge is 0.159 e. The summed E-state index contributed by atoms with van der Waals surface area (Å²) < 4.78 is 1.53. The quantitative estimate of drug-likeness (QED) is 0.721. The van der Waals surface area contributed by atoms with Crippen LogP contribution in [0.15, 0.2) is 48.7 Å². The number of hydrogen-bond acceptors (Lipinski definition) is 4. The number of nitrogens with zero attached hydrogens (tertiary/aromatic N) is 2. The van der Waals surface area contributed by atoms with Crippen LogP contribution in [0.5, 0.6) is 0 Å². The largest absolute Gasteiger partial charge is 0.374 e. The molecule has 5 nitrogen and oxygen atoms in total. The van der Waals surface area contributed by atoms with Crippen molar-refractivity contribution in [1.82, 2.24) is 9.78 Å². The number of aliphatic hydroxyl groups excluding tert-OH is 1. The second-order valence-electron chi connectivity index (χ2n) is 4.82.